The summed E-state index contributed by atoms with van der Waals surface area (Å²) in [4.78, 5) is 15.4. The summed E-state index contributed by atoms with van der Waals surface area (Å²) in [6.07, 6.45) is 5.05. The first-order chi connectivity index (χ1) is 7.20. The lowest BCUT2D eigenvalue weighted by Gasteiger charge is -2.06. The van der Waals surface area contributed by atoms with Crippen molar-refractivity contribution in [3.05, 3.63) is 30.1 Å². The van der Waals surface area contributed by atoms with E-state index in [1.54, 1.807) is 24.5 Å². The van der Waals surface area contributed by atoms with Crippen LogP contribution in [0.25, 0.3) is 0 Å². The molecule has 0 aliphatic heterocycles. The van der Waals surface area contributed by atoms with Gasteiger partial charge in [-0.05, 0) is 31.9 Å². The van der Waals surface area contributed by atoms with Crippen molar-refractivity contribution in [1.29, 1.82) is 0 Å². The zero-order valence-corrected chi connectivity index (χ0v) is 8.94. The molecule has 1 heterocycles. The number of nitrogens with zero attached hydrogens (tertiary/aromatic N) is 1. The van der Waals surface area contributed by atoms with Crippen LogP contribution in [0.3, 0.4) is 0 Å². The Morgan fingerprint density at radius 1 is 1.53 bits per heavy atom. The van der Waals surface area contributed by atoms with Gasteiger partial charge in [0.15, 0.2) is 0 Å². The van der Waals surface area contributed by atoms with Gasteiger partial charge < -0.3 is 11.1 Å². The molecule has 0 saturated heterocycles. The maximum Gasteiger partial charge on any atom is 0.251 e. The first-order valence-electron chi connectivity index (χ1n) is 5.14. The minimum atomic E-state index is -0.0536. The highest BCUT2D eigenvalue weighted by Crippen LogP contribution is 1.96. The Morgan fingerprint density at radius 2 is 2.20 bits per heavy atom. The molecule has 0 fully saturated rings. The van der Waals surface area contributed by atoms with Gasteiger partial charge in [0.1, 0.15) is 0 Å². The van der Waals surface area contributed by atoms with Crippen molar-refractivity contribution in [2.24, 2.45) is 5.73 Å². The van der Waals surface area contributed by atoms with Crippen molar-refractivity contribution < 1.29 is 4.79 Å². The molecule has 0 aliphatic rings. The molecular weight excluding hydrogens is 190 g/mol. The Kier molecular flexibility index (Phi) is 4.77. The van der Waals surface area contributed by atoms with E-state index in [1.165, 1.54) is 0 Å². The molecule has 4 nitrogen and oxygen atoms in total. The SMILES string of the molecule is CC(N)CCCNC(=O)c1ccncc1. The monoisotopic (exact) mass is 207 g/mol. The number of aromatic nitrogens is 1. The molecule has 0 bridgehead atoms. The van der Waals surface area contributed by atoms with E-state index in [0.717, 1.165) is 12.8 Å². The van der Waals surface area contributed by atoms with E-state index in [2.05, 4.69) is 10.3 Å². The number of carbonyl (C=O) groups is 1. The molecule has 0 radical (unpaired) electrons. The lowest BCUT2D eigenvalue weighted by Crippen LogP contribution is -2.26. The van der Waals surface area contributed by atoms with Crippen LogP contribution in [0, 0.1) is 0 Å². The molecule has 0 saturated carbocycles. The van der Waals surface area contributed by atoms with Crippen molar-refractivity contribution in [1.82, 2.24) is 10.3 Å². The van der Waals surface area contributed by atoms with Crippen molar-refractivity contribution >= 4 is 5.91 Å². The molecule has 0 spiro atoms. The fourth-order valence-corrected chi connectivity index (χ4v) is 1.23. The van der Waals surface area contributed by atoms with Crippen LogP contribution < -0.4 is 11.1 Å². The van der Waals surface area contributed by atoms with E-state index in [1.807, 2.05) is 6.92 Å². The zero-order chi connectivity index (χ0) is 11.1. The molecule has 1 aromatic rings. The third kappa shape index (κ3) is 4.56. The lowest BCUT2D eigenvalue weighted by atomic mass is 10.2. The van der Waals surface area contributed by atoms with E-state index in [-0.39, 0.29) is 11.9 Å². The quantitative estimate of drug-likeness (QED) is 0.706. The van der Waals surface area contributed by atoms with Gasteiger partial charge in [0.2, 0.25) is 0 Å². The topological polar surface area (TPSA) is 68.0 Å². The van der Waals surface area contributed by atoms with Crippen LogP contribution >= 0.6 is 0 Å². The molecule has 1 rings (SSSR count). The second kappa shape index (κ2) is 6.14. The molecule has 1 unspecified atom stereocenters. The summed E-state index contributed by atoms with van der Waals surface area (Å²) in [5, 5.41) is 2.83. The number of pyridine rings is 1. The van der Waals surface area contributed by atoms with E-state index in [9.17, 15) is 4.79 Å². The largest absolute Gasteiger partial charge is 0.352 e. The van der Waals surface area contributed by atoms with Gasteiger partial charge in [-0.25, -0.2) is 0 Å². The Balaban J connectivity index is 2.25. The van der Waals surface area contributed by atoms with Crippen molar-refractivity contribution in [2.75, 3.05) is 6.54 Å². The molecule has 0 aliphatic carbocycles. The maximum absolute atomic E-state index is 11.5. The van der Waals surface area contributed by atoms with Crippen LogP contribution in [0.2, 0.25) is 0 Å². The highest BCUT2D eigenvalue weighted by atomic mass is 16.1. The van der Waals surface area contributed by atoms with Gasteiger partial charge in [-0.2, -0.15) is 0 Å². The predicted octanol–water partition coefficient (Wildman–Crippen LogP) is 0.939. The summed E-state index contributed by atoms with van der Waals surface area (Å²) in [5.74, 6) is -0.0536. The average molecular weight is 207 g/mol. The van der Waals surface area contributed by atoms with Crippen LogP contribution in [-0.2, 0) is 0 Å². The fraction of sp³-hybridized carbons (Fsp3) is 0.455. The van der Waals surface area contributed by atoms with Crippen LogP contribution in [0.15, 0.2) is 24.5 Å². The van der Waals surface area contributed by atoms with Gasteiger partial charge in [-0.15, -0.1) is 0 Å². The smallest absolute Gasteiger partial charge is 0.251 e. The molecule has 1 atom stereocenters. The molecule has 15 heavy (non-hydrogen) atoms. The summed E-state index contributed by atoms with van der Waals surface area (Å²) < 4.78 is 0. The first kappa shape index (κ1) is 11.7. The number of amides is 1. The summed E-state index contributed by atoms with van der Waals surface area (Å²) in [6.45, 7) is 2.63. The predicted molar refractivity (Wildman–Crippen MR) is 59.5 cm³/mol. The summed E-state index contributed by atoms with van der Waals surface area (Å²) in [6, 6.07) is 3.59. The molecular formula is C11H17N3O. The Bertz CT molecular complexity index is 298. The third-order valence-electron chi connectivity index (χ3n) is 2.06. The van der Waals surface area contributed by atoms with Gasteiger partial charge in [0.05, 0.1) is 0 Å². The van der Waals surface area contributed by atoms with Gasteiger partial charge in [-0.1, -0.05) is 0 Å². The number of carbonyl (C=O) groups excluding carboxylic acids is 1. The van der Waals surface area contributed by atoms with Gasteiger partial charge in [-0.3, -0.25) is 9.78 Å². The average Bonchev–Trinajstić information content (AvgIpc) is 2.25. The van der Waals surface area contributed by atoms with E-state index in [4.69, 9.17) is 5.73 Å². The number of rotatable bonds is 5. The van der Waals surface area contributed by atoms with Crippen molar-refractivity contribution in [3.63, 3.8) is 0 Å². The normalized spacial score (nSPS) is 12.1. The summed E-state index contributed by atoms with van der Waals surface area (Å²) in [7, 11) is 0. The van der Waals surface area contributed by atoms with Crippen molar-refractivity contribution in [2.45, 2.75) is 25.8 Å². The lowest BCUT2D eigenvalue weighted by molar-refractivity contribution is 0.0952. The van der Waals surface area contributed by atoms with Gasteiger partial charge in [0.25, 0.3) is 5.91 Å². The number of nitrogens with one attached hydrogen (secondary N) is 1. The molecule has 82 valence electrons. The Labute approximate surface area is 89.9 Å². The maximum atomic E-state index is 11.5. The van der Waals surface area contributed by atoms with E-state index >= 15 is 0 Å². The number of hydrogen-bond donors (Lipinski definition) is 2. The van der Waals surface area contributed by atoms with Crippen LogP contribution in [0.5, 0.6) is 0 Å². The Morgan fingerprint density at radius 3 is 2.80 bits per heavy atom. The van der Waals surface area contributed by atoms with Crippen LogP contribution in [0.4, 0.5) is 0 Å². The second-order valence-electron chi connectivity index (χ2n) is 3.61. The van der Waals surface area contributed by atoms with Crippen molar-refractivity contribution in [3.8, 4) is 0 Å². The molecule has 0 aromatic carbocycles. The van der Waals surface area contributed by atoms with E-state index in [0.29, 0.717) is 12.1 Å². The van der Waals surface area contributed by atoms with Gasteiger partial charge >= 0.3 is 0 Å². The highest BCUT2D eigenvalue weighted by Gasteiger charge is 2.03. The summed E-state index contributed by atoms with van der Waals surface area (Å²) in [5.41, 5.74) is 6.24. The summed E-state index contributed by atoms with van der Waals surface area (Å²) >= 11 is 0. The highest BCUT2D eigenvalue weighted by molar-refractivity contribution is 5.93. The molecule has 4 heteroatoms. The molecule has 3 N–H and O–H groups in total. The number of hydrogen-bond acceptors (Lipinski definition) is 3. The Hall–Kier alpha value is -1.42. The minimum Gasteiger partial charge on any atom is -0.352 e. The first-order valence-corrected chi connectivity index (χ1v) is 5.14. The minimum absolute atomic E-state index is 0.0536. The standard InChI is InChI=1S/C11H17N3O/c1-9(12)3-2-6-14-11(15)10-4-7-13-8-5-10/h4-5,7-9H,2-3,6,12H2,1H3,(H,14,15). The molecule has 1 amide bonds. The molecule has 1 aromatic heterocycles. The zero-order valence-electron chi connectivity index (χ0n) is 8.94. The van der Waals surface area contributed by atoms with Crippen LogP contribution in [0.1, 0.15) is 30.1 Å². The van der Waals surface area contributed by atoms with Crippen LogP contribution in [-0.4, -0.2) is 23.5 Å². The third-order valence-corrected chi connectivity index (χ3v) is 2.06. The fourth-order valence-electron chi connectivity index (χ4n) is 1.23. The second-order valence-corrected chi connectivity index (χ2v) is 3.61. The van der Waals surface area contributed by atoms with E-state index < -0.39 is 0 Å². The van der Waals surface area contributed by atoms with Gasteiger partial charge in [0, 0.05) is 30.5 Å². The number of nitrogens with two attached hydrogens (primary N) is 1.